The van der Waals surface area contributed by atoms with Crippen molar-refractivity contribution < 1.29 is 19.0 Å². The number of esters is 1. The maximum absolute atomic E-state index is 12.2. The first kappa shape index (κ1) is 11.8. The molecule has 0 bridgehead atoms. The van der Waals surface area contributed by atoms with Gasteiger partial charge in [-0.05, 0) is 37.0 Å². The van der Waals surface area contributed by atoms with E-state index in [0.29, 0.717) is 13.0 Å². The minimum Gasteiger partial charge on any atom is -0.465 e. The Morgan fingerprint density at radius 3 is 3.00 bits per heavy atom. The van der Waals surface area contributed by atoms with Crippen LogP contribution >= 0.6 is 0 Å². The molecule has 2 fully saturated rings. The molecular formula is C16H16O4. The van der Waals surface area contributed by atoms with Crippen LogP contribution in [0, 0.1) is 11.3 Å². The van der Waals surface area contributed by atoms with Crippen molar-refractivity contribution >= 4 is 5.97 Å². The lowest BCUT2D eigenvalue weighted by Gasteiger charge is -2.24. The summed E-state index contributed by atoms with van der Waals surface area (Å²) in [6.45, 7) is 4.86. The van der Waals surface area contributed by atoms with Gasteiger partial charge in [0.2, 0.25) is 6.79 Å². The van der Waals surface area contributed by atoms with Crippen molar-refractivity contribution in [2.75, 3.05) is 13.4 Å². The molecule has 2 heterocycles. The zero-order chi connectivity index (χ0) is 13.7. The molecule has 0 aromatic heterocycles. The van der Waals surface area contributed by atoms with E-state index >= 15 is 0 Å². The zero-order valence-electron chi connectivity index (χ0n) is 11.2. The van der Waals surface area contributed by atoms with Crippen LogP contribution in [0.5, 0.6) is 11.5 Å². The average molecular weight is 272 g/mol. The number of cyclic esters (lactones) is 1. The Morgan fingerprint density at radius 1 is 1.25 bits per heavy atom. The minimum absolute atomic E-state index is 0.0705. The van der Waals surface area contributed by atoms with Gasteiger partial charge in [-0.2, -0.15) is 0 Å². The number of hydrogen-bond donors (Lipinski definition) is 0. The lowest BCUT2D eigenvalue weighted by atomic mass is 9.75. The molecule has 0 spiro atoms. The van der Waals surface area contributed by atoms with E-state index in [2.05, 4.69) is 6.58 Å². The third-order valence-corrected chi connectivity index (χ3v) is 4.66. The lowest BCUT2D eigenvalue weighted by Crippen LogP contribution is -2.31. The first-order valence-electron chi connectivity index (χ1n) is 6.90. The maximum Gasteiger partial charge on any atom is 0.313 e. The Labute approximate surface area is 117 Å². The quantitative estimate of drug-likeness (QED) is 0.613. The largest absolute Gasteiger partial charge is 0.465 e. The first-order valence-corrected chi connectivity index (χ1v) is 6.90. The van der Waals surface area contributed by atoms with Gasteiger partial charge >= 0.3 is 5.97 Å². The summed E-state index contributed by atoms with van der Waals surface area (Å²) in [5.74, 6) is 1.73. The number of carbonyl (C=O) groups excluding carboxylic acids is 1. The van der Waals surface area contributed by atoms with Crippen molar-refractivity contribution in [3.63, 3.8) is 0 Å². The Hall–Kier alpha value is -1.97. The molecule has 0 N–H and O–H groups in total. The van der Waals surface area contributed by atoms with Gasteiger partial charge in [-0.25, -0.2) is 0 Å². The van der Waals surface area contributed by atoms with Gasteiger partial charge < -0.3 is 14.2 Å². The third-order valence-electron chi connectivity index (χ3n) is 4.66. The summed E-state index contributed by atoms with van der Waals surface area (Å²) in [6.07, 6.45) is 2.33. The molecule has 1 saturated carbocycles. The summed E-state index contributed by atoms with van der Waals surface area (Å²) in [5, 5.41) is 0. The smallest absolute Gasteiger partial charge is 0.313 e. The van der Waals surface area contributed by atoms with Crippen LogP contribution in [-0.4, -0.2) is 19.4 Å². The van der Waals surface area contributed by atoms with Gasteiger partial charge in [0.15, 0.2) is 11.5 Å². The SMILES string of the molecule is C=C1CC2COC(=O)[C@]2(Cc2ccc3c(c2)OCO3)C1. The third kappa shape index (κ3) is 1.57. The Balaban J connectivity index is 1.67. The molecular weight excluding hydrogens is 256 g/mol. The number of carbonyl (C=O) groups is 1. The fourth-order valence-electron chi connectivity index (χ4n) is 3.68. The molecule has 3 aliphatic rings. The van der Waals surface area contributed by atoms with Gasteiger partial charge in [0.1, 0.15) is 0 Å². The predicted octanol–water partition coefficient (Wildman–Crippen LogP) is 2.47. The molecule has 2 aliphatic heterocycles. The number of ether oxygens (including phenoxy) is 3. The predicted molar refractivity (Wildman–Crippen MR) is 71.5 cm³/mol. The van der Waals surface area contributed by atoms with Gasteiger partial charge in [-0.1, -0.05) is 18.2 Å². The molecule has 4 heteroatoms. The van der Waals surface area contributed by atoms with Crippen molar-refractivity contribution in [3.8, 4) is 11.5 Å². The first-order chi connectivity index (χ1) is 9.67. The van der Waals surface area contributed by atoms with E-state index in [1.807, 2.05) is 18.2 Å². The van der Waals surface area contributed by atoms with E-state index in [-0.39, 0.29) is 18.7 Å². The number of rotatable bonds is 2. The molecule has 20 heavy (non-hydrogen) atoms. The standard InChI is InChI=1S/C16H16O4/c1-10-4-12-8-18-15(17)16(12,6-10)7-11-2-3-13-14(5-11)20-9-19-13/h2-3,5,12H,1,4,6-9H2/t12?,16-/m0/s1. The lowest BCUT2D eigenvalue weighted by molar-refractivity contribution is -0.146. The van der Waals surface area contributed by atoms with Crippen LogP contribution in [0.3, 0.4) is 0 Å². The maximum atomic E-state index is 12.2. The molecule has 1 aromatic rings. The second-order valence-corrected chi connectivity index (χ2v) is 5.95. The van der Waals surface area contributed by atoms with Crippen molar-refractivity contribution in [1.82, 2.24) is 0 Å². The molecule has 1 aliphatic carbocycles. The monoisotopic (exact) mass is 272 g/mol. The average Bonchev–Trinajstić information content (AvgIpc) is 3.06. The number of fused-ring (bicyclic) bond motifs is 2. The van der Waals surface area contributed by atoms with E-state index in [1.165, 1.54) is 0 Å². The molecule has 1 unspecified atom stereocenters. The fourth-order valence-corrected chi connectivity index (χ4v) is 3.68. The van der Waals surface area contributed by atoms with Gasteiger partial charge in [-0.15, -0.1) is 0 Å². The van der Waals surface area contributed by atoms with Gasteiger partial charge in [0.25, 0.3) is 0 Å². The van der Waals surface area contributed by atoms with Crippen LogP contribution < -0.4 is 9.47 Å². The molecule has 0 amide bonds. The van der Waals surface area contributed by atoms with Crippen molar-refractivity contribution in [3.05, 3.63) is 35.9 Å². The Kier molecular flexibility index (Phi) is 2.37. The molecule has 2 atom stereocenters. The van der Waals surface area contributed by atoms with Gasteiger partial charge in [-0.3, -0.25) is 4.79 Å². The van der Waals surface area contributed by atoms with Crippen LogP contribution in [0.1, 0.15) is 18.4 Å². The van der Waals surface area contributed by atoms with Crippen LogP contribution in [0.15, 0.2) is 30.4 Å². The second kappa shape index (κ2) is 4.01. The summed E-state index contributed by atoms with van der Waals surface area (Å²) in [5.41, 5.74) is 1.84. The minimum atomic E-state index is -0.412. The van der Waals surface area contributed by atoms with E-state index in [0.717, 1.165) is 35.5 Å². The molecule has 1 aromatic carbocycles. The van der Waals surface area contributed by atoms with Crippen molar-refractivity contribution in [2.45, 2.75) is 19.3 Å². The number of benzene rings is 1. The topological polar surface area (TPSA) is 44.8 Å². The van der Waals surface area contributed by atoms with Crippen LogP contribution in [-0.2, 0) is 16.0 Å². The highest BCUT2D eigenvalue weighted by molar-refractivity contribution is 5.81. The van der Waals surface area contributed by atoms with Crippen molar-refractivity contribution in [1.29, 1.82) is 0 Å². The van der Waals surface area contributed by atoms with E-state index in [1.54, 1.807) is 0 Å². The zero-order valence-corrected chi connectivity index (χ0v) is 11.2. The Bertz CT molecular complexity index is 606. The van der Waals surface area contributed by atoms with Crippen LogP contribution in [0.4, 0.5) is 0 Å². The van der Waals surface area contributed by atoms with Gasteiger partial charge in [0.05, 0.1) is 12.0 Å². The summed E-state index contributed by atoms with van der Waals surface area (Å²) >= 11 is 0. The molecule has 4 nitrogen and oxygen atoms in total. The highest BCUT2D eigenvalue weighted by Gasteiger charge is 2.55. The van der Waals surface area contributed by atoms with Crippen molar-refractivity contribution in [2.24, 2.45) is 11.3 Å². The second-order valence-electron chi connectivity index (χ2n) is 5.95. The highest BCUT2D eigenvalue weighted by Crippen LogP contribution is 2.52. The summed E-state index contributed by atoms with van der Waals surface area (Å²) in [6, 6.07) is 5.89. The Morgan fingerprint density at radius 2 is 2.10 bits per heavy atom. The van der Waals surface area contributed by atoms with E-state index in [9.17, 15) is 4.79 Å². The highest BCUT2D eigenvalue weighted by atomic mass is 16.7. The molecule has 0 radical (unpaired) electrons. The van der Waals surface area contributed by atoms with E-state index in [4.69, 9.17) is 14.2 Å². The summed E-state index contributed by atoms with van der Waals surface area (Å²) in [7, 11) is 0. The van der Waals surface area contributed by atoms with Gasteiger partial charge in [0, 0.05) is 5.92 Å². The number of hydrogen-bond acceptors (Lipinski definition) is 4. The molecule has 104 valence electrons. The van der Waals surface area contributed by atoms with Crippen LogP contribution in [0.2, 0.25) is 0 Å². The van der Waals surface area contributed by atoms with Crippen LogP contribution in [0.25, 0.3) is 0 Å². The summed E-state index contributed by atoms with van der Waals surface area (Å²) < 4.78 is 16.0. The molecule has 1 saturated heterocycles. The molecule has 4 rings (SSSR count). The number of allylic oxidation sites excluding steroid dienone is 1. The normalized spacial score (nSPS) is 30.5. The fraction of sp³-hybridized carbons (Fsp3) is 0.438. The van der Waals surface area contributed by atoms with E-state index < -0.39 is 5.41 Å². The summed E-state index contributed by atoms with van der Waals surface area (Å²) in [4.78, 5) is 12.2.